The topological polar surface area (TPSA) is 101 Å². The summed E-state index contributed by atoms with van der Waals surface area (Å²) in [6.07, 6.45) is 3.30. The number of ether oxygens (including phenoxy) is 1. The standard InChI is InChI=1S/C14H24N8O/c1-4-23-8-7-18-14(15-2)17-6-5-16-12-11-9-21-22(3)13(11)20-10-19-12/h9-10H,4-8H2,1-3H3,(H2,15,17,18)(H,16,19,20). The molecule has 0 unspecified atom stereocenters. The summed E-state index contributed by atoms with van der Waals surface area (Å²) in [5.41, 5.74) is 0.809. The number of rotatable bonds is 8. The lowest BCUT2D eigenvalue weighted by molar-refractivity contribution is 0.152. The van der Waals surface area contributed by atoms with E-state index >= 15 is 0 Å². The Morgan fingerprint density at radius 2 is 2.09 bits per heavy atom. The van der Waals surface area contributed by atoms with Crippen molar-refractivity contribution >= 4 is 22.8 Å². The van der Waals surface area contributed by atoms with E-state index in [0.717, 1.165) is 36.0 Å². The van der Waals surface area contributed by atoms with Crippen molar-refractivity contribution in [1.29, 1.82) is 0 Å². The van der Waals surface area contributed by atoms with Crippen molar-refractivity contribution in [2.24, 2.45) is 12.0 Å². The Balaban J connectivity index is 1.76. The highest BCUT2D eigenvalue weighted by Gasteiger charge is 2.06. The molecule has 0 fully saturated rings. The van der Waals surface area contributed by atoms with Crippen molar-refractivity contribution in [3.8, 4) is 0 Å². The van der Waals surface area contributed by atoms with Crippen LogP contribution in [0.2, 0.25) is 0 Å². The smallest absolute Gasteiger partial charge is 0.191 e. The second-order valence-electron chi connectivity index (χ2n) is 4.78. The van der Waals surface area contributed by atoms with Gasteiger partial charge in [-0.3, -0.25) is 9.67 Å². The number of hydrogen-bond donors (Lipinski definition) is 3. The Morgan fingerprint density at radius 3 is 2.87 bits per heavy atom. The summed E-state index contributed by atoms with van der Waals surface area (Å²) in [6, 6.07) is 0. The van der Waals surface area contributed by atoms with Crippen molar-refractivity contribution in [3.63, 3.8) is 0 Å². The maximum Gasteiger partial charge on any atom is 0.191 e. The van der Waals surface area contributed by atoms with E-state index in [1.807, 2.05) is 14.0 Å². The molecule has 2 heterocycles. The van der Waals surface area contributed by atoms with Crippen molar-refractivity contribution in [2.75, 3.05) is 45.2 Å². The Bertz CT molecular complexity index is 639. The zero-order valence-corrected chi connectivity index (χ0v) is 13.8. The van der Waals surface area contributed by atoms with Crippen molar-refractivity contribution in [1.82, 2.24) is 30.4 Å². The third-order valence-electron chi connectivity index (χ3n) is 3.21. The summed E-state index contributed by atoms with van der Waals surface area (Å²) in [4.78, 5) is 12.6. The molecule has 2 rings (SSSR count). The number of anilines is 1. The number of fused-ring (bicyclic) bond motifs is 1. The molecule has 23 heavy (non-hydrogen) atoms. The van der Waals surface area contributed by atoms with Crippen LogP contribution in [0.25, 0.3) is 11.0 Å². The normalized spacial score (nSPS) is 11.7. The van der Waals surface area contributed by atoms with Gasteiger partial charge in [-0.15, -0.1) is 0 Å². The maximum absolute atomic E-state index is 5.28. The minimum Gasteiger partial charge on any atom is -0.380 e. The summed E-state index contributed by atoms with van der Waals surface area (Å²) >= 11 is 0. The minimum absolute atomic E-state index is 0.662. The average molecular weight is 320 g/mol. The Morgan fingerprint density at radius 1 is 1.26 bits per heavy atom. The SMILES string of the molecule is CCOCCNC(=NC)NCCNc1ncnc2c1cnn2C. The Kier molecular flexibility index (Phi) is 6.55. The number of hydrogen-bond acceptors (Lipinski definition) is 6. The summed E-state index contributed by atoms with van der Waals surface area (Å²) in [7, 11) is 3.60. The fourth-order valence-electron chi connectivity index (χ4n) is 2.07. The molecule has 0 saturated heterocycles. The van der Waals surface area contributed by atoms with E-state index in [-0.39, 0.29) is 0 Å². The summed E-state index contributed by atoms with van der Waals surface area (Å²) in [5, 5.41) is 14.8. The number of aryl methyl sites for hydroxylation is 1. The number of nitrogens with zero attached hydrogens (tertiary/aromatic N) is 5. The molecule has 0 aromatic carbocycles. The number of nitrogens with one attached hydrogen (secondary N) is 3. The second kappa shape index (κ2) is 8.89. The van der Waals surface area contributed by atoms with Gasteiger partial charge in [-0.25, -0.2) is 9.97 Å². The monoisotopic (exact) mass is 320 g/mol. The molecule has 9 nitrogen and oxygen atoms in total. The second-order valence-corrected chi connectivity index (χ2v) is 4.78. The maximum atomic E-state index is 5.28. The van der Waals surface area contributed by atoms with Crippen LogP contribution >= 0.6 is 0 Å². The van der Waals surface area contributed by atoms with Crippen LogP contribution in [0.15, 0.2) is 17.5 Å². The van der Waals surface area contributed by atoms with Gasteiger partial charge >= 0.3 is 0 Å². The summed E-state index contributed by atoms with van der Waals surface area (Å²) in [5.74, 6) is 1.53. The third kappa shape index (κ3) is 4.78. The molecular weight excluding hydrogens is 296 g/mol. The Hall–Kier alpha value is -2.42. The quantitative estimate of drug-likeness (QED) is 0.357. The molecule has 0 aliphatic carbocycles. The van der Waals surface area contributed by atoms with Gasteiger partial charge < -0.3 is 20.7 Å². The molecule has 0 aliphatic heterocycles. The zero-order chi connectivity index (χ0) is 16.5. The Labute approximate surface area is 135 Å². The third-order valence-corrected chi connectivity index (χ3v) is 3.21. The summed E-state index contributed by atoms with van der Waals surface area (Å²) < 4.78 is 7.00. The van der Waals surface area contributed by atoms with Gasteiger partial charge in [0.05, 0.1) is 18.2 Å². The van der Waals surface area contributed by atoms with Crippen LogP contribution in [-0.2, 0) is 11.8 Å². The number of aromatic nitrogens is 4. The predicted octanol–water partition coefficient (Wildman–Crippen LogP) is -0.0233. The van der Waals surface area contributed by atoms with Crippen LogP contribution in [0, 0.1) is 0 Å². The number of aliphatic imine (C=N–C) groups is 1. The lowest BCUT2D eigenvalue weighted by Gasteiger charge is -2.12. The van der Waals surface area contributed by atoms with Crippen LogP contribution in [0.3, 0.4) is 0 Å². The van der Waals surface area contributed by atoms with Gasteiger partial charge in [0.1, 0.15) is 12.1 Å². The summed E-state index contributed by atoms with van der Waals surface area (Å²) in [6.45, 7) is 5.50. The van der Waals surface area contributed by atoms with E-state index < -0.39 is 0 Å². The van der Waals surface area contributed by atoms with E-state index in [1.165, 1.54) is 6.33 Å². The van der Waals surface area contributed by atoms with Crippen molar-refractivity contribution < 1.29 is 4.74 Å². The molecule has 3 N–H and O–H groups in total. The number of guanidine groups is 1. The van der Waals surface area contributed by atoms with E-state index in [2.05, 4.69) is 36.0 Å². The largest absolute Gasteiger partial charge is 0.380 e. The lowest BCUT2D eigenvalue weighted by Crippen LogP contribution is -2.40. The predicted molar refractivity (Wildman–Crippen MR) is 90.7 cm³/mol. The molecule has 0 aliphatic rings. The van der Waals surface area contributed by atoms with Gasteiger partial charge in [0.2, 0.25) is 0 Å². The molecule has 0 atom stereocenters. The molecule has 2 aromatic rings. The van der Waals surface area contributed by atoms with Crippen LogP contribution in [-0.4, -0.2) is 65.6 Å². The van der Waals surface area contributed by atoms with Gasteiger partial charge in [-0.1, -0.05) is 0 Å². The van der Waals surface area contributed by atoms with Gasteiger partial charge in [0.15, 0.2) is 11.6 Å². The van der Waals surface area contributed by atoms with E-state index in [1.54, 1.807) is 17.9 Å². The first-order chi connectivity index (χ1) is 11.3. The van der Waals surface area contributed by atoms with Gasteiger partial charge in [0.25, 0.3) is 0 Å². The first-order valence-corrected chi connectivity index (χ1v) is 7.65. The average Bonchev–Trinajstić information content (AvgIpc) is 2.95. The van der Waals surface area contributed by atoms with Crippen LogP contribution in [0.1, 0.15) is 6.92 Å². The van der Waals surface area contributed by atoms with Crippen LogP contribution < -0.4 is 16.0 Å². The highest BCUT2D eigenvalue weighted by atomic mass is 16.5. The molecule has 0 bridgehead atoms. The zero-order valence-electron chi connectivity index (χ0n) is 13.8. The fraction of sp³-hybridized carbons (Fsp3) is 0.571. The molecule has 126 valence electrons. The first kappa shape index (κ1) is 16.9. The van der Waals surface area contributed by atoms with Gasteiger partial charge in [-0.2, -0.15) is 5.10 Å². The molecule has 0 saturated carbocycles. The van der Waals surface area contributed by atoms with Gasteiger partial charge in [-0.05, 0) is 6.92 Å². The molecule has 9 heteroatoms. The van der Waals surface area contributed by atoms with Crippen LogP contribution in [0.5, 0.6) is 0 Å². The highest BCUT2D eigenvalue weighted by Crippen LogP contribution is 2.16. The van der Waals surface area contributed by atoms with Gasteiger partial charge in [0, 0.05) is 40.3 Å². The minimum atomic E-state index is 0.662. The van der Waals surface area contributed by atoms with E-state index in [0.29, 0.717) is 19.7 Å². The fourth-order valence-corrected chi connectivity index (χ4v) is 2.07. The van der Waals surface area contributed by atoms with Crippen molar-refractivity contribution in [3.05, 3.63) is 12.5 Å². The van der Waals surface area contributed by atoms with Crippen LogP contribution in [0.4, 0.5) is 5.82 Å². The first-order valence-electron chi connectivity index (χ1n) is 7.65. The molecular formula is C14H24N8O. The molecule has 0 amide bonds. The van der Waals surface area contributed by atoms with E-state index in [9.17, 15) is 0 Å². The lowest BCUT2D eigenvalue weighted by atomic mass is 10.4. The molecule has 0 radical (unpaired) electrons. The highest BCUT2D eigenvalue weighted by molar-refractivity contribution is 5.86. The van der Waals surface area contributed by atoms with Crippen molar-refractivity contribution in [2.45, 2.75) is 6.92 Å². The molecule has 2 aromatic heterocycles. The van der Waals surface area contributed by atoms with E-state index in [4.69, 9.17) is 4.74 Å². The molecule has 0 spiro atoms.